The predicted octanol–water partition coefficient (Wildman–Crippen LogP) is 16.8. The topological polar surface area (TPSA) is 21.3 Å². The van der Waals surface area contributed by atoms with E-state index in [1.807, 2.05) is 12.1 Å². The van der Waals surface area contributed by atoms with Gasteiger partial charge in [0.1, 0.15) is 11.2 Å². The van der Waals surface area contributed by atoms with Gasteiger partial charge in [-0.2, -0.15) is 0 Å². The highest BCUT2D eigenvalue weighted by Crippen LogP contribution is 2.46. The molecule has 0 atom stereocenters. The first-order valence-electron chi connectivity index (χ1n) is 21.5. The van der Waals surface area contributed by atoms with Crippen LogP contribution in [0.15, 0.2) is 247 Å². The molecule has 3 heteroatoms. The van der Waals surface area contributed by atoms with Crippen LogP contribution in [0.5, 0.6) is 0 Å². The normalized spacial score (nSPS) is 11.5. The van der Waals surface area contributed by atoms with Gasteiger partial charge in [-0.05, 0) is 106 Å². The number of benzene rings is 10. The minimum absolute atomic E-state index is 0.863. The van der Waals surface area contributed by atoms with Crippen LogP contribution in [0.4, 0.5) is 17.1 Å². The quantitative estimate of drug-likeness (QED) is 0.153. The molecule has 0 amide bonds. The zero-order valence-corrected chi connectivity index (χ0v) is 34.4. The molecule has 10 aromatic carbocycles. The molecule has 0 aliphatic rings. The first-order chi connectivity index (χ1) is 31.2. The molecule has 0 bridgehead atoms. The summed E-state index contributed by atoms with van der Waals surface area (Å²) in [4.78, 5) is 2.39. The van der Waals surface area contributed by atoms with E-state index in [0.29, 0.717) is 0 Å². The molecule has 0 spiro atoms. The van der Waals surface area contributed by atoms with E-state index in [-0.39, 0.29) is 0 Å². The maximum atomic E-state index is 6.54. The molecule has 0 fully saturated rings. The Kier molecular flexibility index (Phi) is 8.83. The SMILES string of the molecule is c1ccc(-c2ccc(N(c3ccc(-c4ccccc4)cc3)c3ccc(-c4ccccc4-n4c5ccccc5c5ccccc54)cc3-c3ccc4c(c3)oc3ccccc34)cc2)cc1. The van der Waals surface area contributed by atoms with Crippen molar-refractivity contribution in [2.45, 2.75) is 0 Å². The molecule has 12 rings (SSSR count). The average Bonchev–Trinajstić information content (AvgIpc) is 3.91. The fraction of sp³-hybridized carbons (Fsp3) is 0. The van der Waals surface area contributed by atoms with Gasteiger partial charge in [0, 0.05) is 44.0 Å². The summed E-state index contributed by atoms with van der Waals surface area (Å²) in [6.07, 6.45) is 0. The number of para-hydroxylation sites is 4. The molecule has 0 N–H and O–H groups in total. The number of aromatic nitrogens is 1. The van der Waals surface area contributed by atoms with E-state index < -0.39 is 0 Å². The van der Waals surface area contributed by atoms with Crippen molar-refractivity contribution in [1.82, 2.24) is 4.57 Å². The first kappa shape index (κ1) is 36.5. The number of nitrogens with zero attached hydrogens (tertiary/aromatic N) is 2. The molecular formula is C60H40N2O. The van der Waals surface area contributed by atoms with Crippen molar-refractivity contribution in [3.05, 3.63) is 243 Å². The molecule has 0 saturated carbocycles. The van der Waals surface area contributed by atoms with Crippen molar-refractivity contribution in [2.75, 3.05) is 4.90 Å². The van der Waals surface area contributed by atoms with Crippen LogP contribution in [0.2, 0.25) is 0 Å². The van der Waals surface area contributed by atoms with Crippen LogP contribution >= 0.6 is 0 Å². The first-order valence-corrected chi connectivity index (χ1v) is 21.5. The van der Waals surface area contributed by atoms with Crippen LogP contribution < -0.4 is 4.90 Å². The highest BCUT2D eigenvalue weighted by molar-refractivity contribution is 6.10. The Labute approximate surface area is 366 Å². The number of fused-ring (bicyclic) bond motifs is 6. The van der Waals surface area contributed by atoms with Gasteiger partial charge in [0.2, 0.25) is 0 Å². The maximum Gasteiger partial charge on any atom is 0.136 e. The number of hydrogen-bond acceptors (Lipinski definition) is 2. The van der Waals surface area contributed by atoms with Gasteiger partial charge >= 0.3 is 0 Å². The summed E-state index contributed by atoms with van der Waals surface area (Å²) in [6.45, 7) is 0. The third-order valence-corrected chi connectivity index (χ3v) is 12.4. The zero-order chi connectivity index (χ0) is 41.7. The maximum absolute atomic E-state index is 6.54. The molecule has 0 aliphatic heterocycles. The van der Waals surface area contributed by atoms with Crippen molar-refractivity contribution in [2.24, 2.45) is 0 Å². The van der Waals surface area contributed by atoms with Crippen molar-refractivity contribution < 1.29 is 4.42 Å². The Morgan fingerprint density at radius 2 is 0.762 bits per heavy atom. The van der Waals surface area contributed by atoms with Gasteiger partial charge in [0.15, 0.2) is 0 Å². The van der Waals surface area contributed by atoms with E-state index in [1.165, 1.54) is 44.1 Å². The number of anilines is 3. The summed E-state index contributed by atoms with van der Waals surface area (Å²) in [5, 5.41) is 4.70. The molecule has 0 aliphatic carbocycles. The third kappa shape index (κ3) is 6.38. The second-order valence-corrected chi connectivity index (χ2v) is 16.1. The summed E-state index contributed by atoms with van der Waals surface area (Å²) < 4.78 is 8.96. The van der Waals surface area contributed by atoms with Gasteiger partial charge in [-0.3, -0.25) is 0 Å². The summed E-state index contributed by atoms with van der Waals surface area (Å²) in [6, 6.07) is 87.2. The molecule has 2 aromatic heterocycles. The molecule has 296 valence electrons. The second-order valence-electron chi connectivity index (χ2n) is 16.1. The molecule has 0 radical (unpaired) electrons. The lowest BCUT2D eigenvalue weighted by Crippen LogP contribution is -2.11. The van der Waals surface area contributed by atoms with Crippen molar-refractivity contribution >= 4 is 60.8 Å². The van der Waals surface area contributed by atoms with Gasteiger partial charge < -0.3 is 13.9 Å². The fourth-order valence-electron chi connectivity index (χ4n) is 9.41. The van der Waals surface area contributed by atoms with Gasteiger partial charge in [-0.1, -0.05) is 170 Å². The lowest BCUT2D eigenvalue weighted by Gasteiger charge is -2.29. The van der Waals surface area contributed by atoms with Crippen LogP contribution in [0.25, 0.3) is 93.9 Å². The molecule has 2 heterocycles. The minimum Gasteiger partial charge on any atom is -0.456 e. The third-order valence-electron chi connectivity index (χ3n) is 12.4. The van der Waals surface area contributed by atoms with Gasteiger partial charge in [-0.15, -0.1) is 0 Å². The molecule has 0 saturated heterocycles. The molecule has 3 nitrogen and oxygen atoms in total. The monoisotopic (exact) mass is 804 g/mol. The Morgan fingerprint density at radius 1 is 0.302 bits per heavy atom. The number of furan rings is 1. The highest BCUT2D eigenvalue weighted by Gasteiger charge is 2.22. The van der Waals surface area contributed by atoms with Crippen LogP contribution in [0.1, 0.15) is 0 Å². The average molecular weight is 805 g/mol. The summed E-state index contributed by atoms with van der Waals surface area (Å²) in [5.74, 6) is 0. The second kappa shape index (κ2) is 15.3. The molecule has 63 heavy (non-hydrogen) atoms. The van der Waals surface area contributed by atoms with E-state index in [9.17, 15) is 0 Å². The van der Waals surface area contributed by atoms with Crippen molar-refractivity contribution in [3.63, 3.8) is 0 Å². The van der Waals surface area contributed by atoms with Gasteiger partial charge in [0.25, 0.3) is 0 Å². The lowest BCUT2D eigenvalue weighted by molar-refractivity contribution is 0.669. The van der Waals surface area contributed by atoms with Gasteiger partial charge in [0.05, 0.1) is 22.4 Å². The Bertz CT molecular complexity index is 3470. The van der Waals surface area contributed by atoms with Crippen molar-refractivity contribution in [3.8, 4) is 50.2 Å². The summed E-state index contributed by atoms with van der Waals surface area (Å²) in [5.41, 5.74) is 17.6. The van der Waals surface area contributed by atoms with E-state index >= 15 is 0 Å². The fourth-order valence-corrected chi connectivity index (χ4v) is 9.41. The molecule has 0 unspecified atom stereocenters. The standard InChI is InChI=1S/C60H40N2O/c1-3-15-41(16-4-1)43-27-33-47(34-28-43)61(48-35-29-44(30-36-48)42-17-5-2-6-18-42)58-38-32-45(39-54(58)46-31-37-53-52-22-10-14-26-59(52)63-60(53)40-46)49-19-7-11-23-55(49)62-56-24-12-8-20-50(56)51-21-9-13-25-57(51)62/h1-40H. The largest absolute Gasteiger partial charge is 0.456 e. The lowest BCUT2D eigenvalue weighted by atomic mass is 9.94. The van der Waals surface area contributed by atoms with E-state index in [2.05, 4.69) is 240 Å². The van der Waals surface area contributed by atoms with E-state index in [0.717, 1.165) is 66.9 Å². The van der Waals surface area contributed by atoms with Crippen LogP contribution in [-0.2, 0) is 0 Å². The molecular weight excluding hydrogens is 765 g/mol. The Morgan fingerprint density at radius 3 is 1.40 bits per heavy atom. The molecule has 12 aromatic rings. The predicted molar refractivity (Wildman–Crippen MR) is 264 cm³/mol. The van der Waals surface area contributed by atoms with E-state index in [4.69, 9.17) is 4.42 Å². The Balaban J connectivity index is 1.08. The summed E-state index contributed by atoms with van der Waals surface area (Å²) in [7, 11) is 0. The smallest absolute Gasteiger partial charge is 0.136 e. The van der Waals surface area contributed by atoms with Crippen LogP contribution in [0, 0.1) is 0 Å². The highest BCUT2D eigenvalue weighted by atomic mass is 16.3. The number of hydrogen-bond donors (Lipinski definition) is 0. The number of rotatable bonds is 8. The zero-order valence-electron chi connectivity index (χ0n) is 34.4. The summed E-state index contributed by atoms with van der Waals surface area (Å²) >= 11 is 0. The van der Waals surface area contributed by atoms with Crippen LogP contribution in [0.3, 0.4) is 0 Å². The van der Waals surface area contributed by atoms with Gasteiger partial charge in [-0.25, -0.2) is 0 Å². The van der Waals surface area contributed by atoms with Crippen molar-refractivity contribution in [1.29, 1.82) is 0 Å². The van der Waals surface area contributed by atoms with Crippen LogP contribution in [-0.4, -0.2) is 4.57 Å². The Hall–Kier alpha value is -8.40. The minimum atomic E-state index is 0.863. The van der Waals surface area contributed by atoms with E-state index in [1.54, 1.807) is 0 Å².